The van der Waals surface area contributed by atoms with Crippen molar-refractivity contribution in [1.29, 1.82) is 0 Å². The van der Waals surface area contributed by atoms with Gasteiger partial charge >= 0.3 is 13.7 Å². The summed E-state index contributed by atoms with van der Waals surface area (Å²) in [5, 5.41) is 2.91. The highest BCUT2D eigenvalue weighted by Gasteiger charge is 2.55. The van der Waals surface area contributed by atoms with Crippen molar-refractivity contribution in [2.45, 2.75) is 50.5 Å². The summed E-state index contributed by atoms with van der Waals surface area (Å²) in [6.45, 7) is 3.06. The molecule has 1 fully saturated rings. The molecule has 2 aromatic rings. The minimum absolute atomic E-state index is 0.158. The number of ether oxygens (including phenoxy) is 5. The van der Waals surface area contributed by atoms with Crippen molar-refractivity contribution in [3.05, 3.63) is 60.7 Å². The van der Waals surface area contributed by atoms with Gasteiger partial charge in [-0.1, -0.05) is 36.4 Å². The molecule has 1 aliphatic heterocycles. The van der Waals surface area contributed by atoms with Crippen molar-refractivity contribution < 1.29 is 42.1 Å². The van der Waals surface area contributed by atoms with Gasteiger partial charge in [0.05, 0.1) is 6.10 Å². The van der Waals surface area contributed by atoms with Crippen LogP contribution in [0, 0.1) is 0 Å². The van der Waals surface area contributed by atoms with E-state index in [0.29, 0.717) is 17.9 Å². The smallest absolute Gasteiger partial charge is 0.431 e. The van der Waals surface area contributed by atoms with Crippen molar-refractivity contribution in [3.63, 3.8) is 0 Å². The van der Waals surface area contributed by atoms with Crippen molar-refractivity contribution in [3.8, 4) is 11.5 Å². The third-order valence-electron chi connectivity index (χ3n) is 5.71. The number of para-hydroxylation sites is 2. The van der Waals surface area contributed by atoms with E-state index in [1.54, 1.807) is 55.5 Å². The lowest BCUT2D eigenvalue weighted by Crippen LogP contribution is -2.66. The summed E-state index contributed by atoms with van der Waals surface area (Å²) in [7, 11) is 0.691. The molecule has 0 unspecified atom stereocenters. The van der Waals surface area contributed by atoms with Crippen molar-refractivity contribution in [2.24, 2.45) is 0 Å². The topological polar surface area (TPSA) is 111 Å². The minimum atomic E-state index is -3.84. The largest absolute Gasteiger partial charge is 0.512 e. The van der Waals surface area contributed by atoms with Gasteiger partial charge in [0, 0.05) is 41.7 Å². The second-order valence-corrected chi connectivity index (χ2v) is 10.0. The number of carbonyl (C=O) groups excluding carboxylic acids is 1. The summed E-state index contributed by atoms with van der Waals surface area (Å²) in [6, 6.07) is 17.5. The first-order valence-corrected chi connectivity index (χ1v) is 13.1. The van der Waals surface area contributed by atoms with E-state index in [0.717, 1.165) is 0 Å². The fourth-order valence-electron chi connectivity index (χ4n) is 4.27. The Balaban J connectivity index is 1.77. The minimum Gasteiger partial charge on any atom is -0.431 e. The average molecular weight is 524 g/mol. The fraction of sp³-hybridized carbons (Fsp3) is 0.480. The standard InChI is InChI=1S/C25H34NO9P/c1-18(27)32-25(2)24(31-5)23(30-4)22(29-3)21(33-25)16-17-26-36(28,34-19-12-8-6-9-13-19)35-20-14-10-7-11-15-20/h6-15,21-24H,16-17H2,1-5H3,(H,26,28)/t21-,22+,23-,24-,25-/m0/s1. The lowest BCUT2D eigenvalue weighted by atomic mass is 9.91. The molecule has 3 rings (SSSR count). The second kappa shape index (κ2) is 12.7. The highest BCUT2D eigenvalue weighted by Crippen LogP contribution is 2.45. The van der Waals surface area contributed by atoms with E-state index in [1.165, 1.54) is 28.3 Å². The van der Waals surface area contributed by atoms with E-state index in [1.807, 2.05) is 12.1 Å². The van der Waals surface area contributed by atoms with E-state index in [2.05, 4.69) is 5.09 Å². The Kier molecular flexibility index (Phi) is 9.90. The molecular weight excluding hydrogens is 489 g/mol. The lowest BCUT2D eigenvalue weighted by molar-refractivity contribution is -0.349. The molecule has 1 aliphatic rings. The Morgan fingerprint density at radius 2 is 1.44 bits per heavy atom. The van der Waals surface area contributed by atoms with Gasteiger partial charge in [0.1, 0.15) is 23.7 Å². The number of esters is 1. The summed E-state index contributed by atoms with van der Waals surface area (Å²) in [4.78, 5) is 11.8. The van der Waals surface area contributed by atoms with Crippen molar-refractivity contribution >= 4 is 13.7 Å². The quantitative estimate of drug-likeness (QED) is 0.324. The molecule has 0 saturated carbocycles. The predicted octanol–water partition coefficient (Wildman–Crippen LogP) is 3.96. The first kappa shape index (κ1) is 28.1. The first-order valence-electron chi connectivity index (χ1n) is 11.5. The number of hydrogen-bond donors (Lipinski definition) is 1. The van der Waals surface area contributed by atoms with Crippen LogP contribution in [0.5, 0.6) is 11.5 Å². The highest BCUT2D eigenvalue weighted by molar-refractivity contribution is 7.52. The van der Waals surface area contributed by atoms with E-state index >= 15 is 0 Å². The zero-order valence-electron chi connectivity index (χ0n) is 21.1. The Morgan fingerprint density at radius 3 is 1.89 bits per heavy atom. The van der Waals surface area contributed by atoms with Gasteiger partial charge in [0.15, 0.2) is 6.10 Å². The zero-order chi connectivity index (χ0) is 26.2. The van der Waals surface area contributed by atoms with Gasteiger partial charge in [0.2, 0.25) is 5.79 Å². The van der Waals surface area contributed by atoms with Crippen molar-refractivity contribution in [2.75, 3.05) is 27.9 Å². The molecule has 198 valence electrons. The first-order chi connectivity index (χ1) is 17.2. The number of benzene rings is 2. The molecule has 11 heteroatoms. The van der Waals surface area contributed by atoms with E-state index in [-0.39, 0.29) is 6.54 Å². The lowest BCUT2D eigenvalue weighted by Gasteiger charge is -2.49. The molecule has 0 aliphatic carbocycles. The van der Waals surface area contributed by atoms with Gasteiger partial charge in [-0.15, -0.1) is 0 Å². The Bertz CT molecular complexity index is 964. The van der Waals surface area contributed by atoms with Crippen molar-refractivity contribution in [1.82, 2.24) is 5.09 Å². The van der Waals surface area contributed by atoms with Crippen LogP contribution in [0.4, 0.5) is 0 Å². The summed E-state index contributed by atoms with van der Waals surface area (Å²) in [5.74, 6) is -1.18. The van der Waals surface area contributed by atoms with Crippen LogP contribution in [0.3, 0.4) is 0 Å². The Hall–Kier alpha value is -2.46. The fourth-order valence-corrected chi connectivity index (χ4v) is 5.63. The summed E-state index contributed by atoms with van der Waals surface area (Å²) >= 11 is 0. The number of hydrogen-bond acceptors (Lipinski definition) is 9. The molecule has 1 N–H and O–H groups in total. The molecule has 1 heterocycles. The molecule has 36 heavy (non-hydrogen) atoms. The third-order valence-corrected chi connectivity index (χ3v) is 7.22. The van der Waals surface area contributed by atoms with Crippen LogP contribution in [0.2, 0.25) is 0 Å². The molecule has 0 aromatic heterocycles. The Morgan fingerprint density at radius 1 is 0.917 bits per heavy atom. The van der Waals surface area contributed by atoms with Gasteiger partial charge in [-0.3, -0.25) is 4.79 Å². The summed E-state index contributed by atoms with van der Waals surface area (Å²) in [6.07, 6.45) is -2.21. The monoisotopic (exact) mass is 523 g/mol. The van der Waals surface area contributed by atoms with Crippen LogP contribution in [0.15, 0.2) is 60.7 Å². The maximum atomic E-state index is 13.7. The highest BCUT2D eigenvalue weighted by atomic mass is 31.2. The number of rotatable bonds is 12. The SMILES string of the molecule is CO[C@H]1[C@H](OC)[C@H](OC)[C@@](C)(OC(C)=O)O[C@H]1CCNP(=O)(Oc1ccccc1)Oc1ccccc1. The predicted molar refractivity (Wildman–Crippen MR) is 132 cm³/mol. The molecule has 0 radical (unpaired) electrons. The molecule has 5 atom stereocenters. The van der Waals surface area contributed by atoms with Gasteiger partial charge in [-0.05, 0) is 30.7 Å². The van der Waals surface area contributed by atoms with Crippen LogP contribution in [0.1, 0.15) is 20.3 Å². The third kappa shape index (κ3) is 7.06. The normalized spacial score (nSPS) is 26.2. The maximum absolute atomic E-state index is 13.7. The number of carbonyl (C=O) groups is 1. The van der Waals surface area contributed by atoms with Gasteiger partial charge in [-0.2, -0.15) is 0 Å². The van der Waals surface area contributed by atoms with E-state index < -0.39 is 43.9 Å². The van der Waals surface area contributed by atoms with Gasteiger partial charge in [-0.25, -0.2) is 9.65 Å². The number of methoxy groups -OCH3 is 3. The van der Waals surface area contributed by atoms with Crippen LogP contribution < -0.4 is 14.1 Å². The maximum Gasteiger partial charge on any atom is 0.512 e. The van der Waals surface area contributed by atoms with E-state index in [4.69, 9.17) is 32.7 Å². The van der Waals surface area contributed by atoms with Crippen LogP contribution in [-0.2, 0) is 33.0 Å². The second-order valence-electron chi connectivity index (χ2n) is 8.33. The molecule has 0 bridgehead atoms. The van der Waals surface area contributed by atoms with Gasteiger partial charge in [0.25, 0.3) is 0 Å². The molecule has 2 aromatic carbocycles. The molecular formula is C25H34NO9P. The molecule has 0 amide bonds. The van der Waals surface area contributed by atoms with Crippen LogP contribution >= 0.6 is 7.75 Å². The summed E-state index contributed by atoms with van der Waals surface area (Å²) < 4.78 is 53.8. The number of nitrogens with one attached hydrogen (secondary N) is 1. The van der Waals surface area contributed by atoms with Crippen LogP contribution in [0.25, 0.3) is 0 Å². The van der Waals surface area contributed by atoms with E-state index in [9.17, 15) is 9.36 Å². The molecule has 10 nitrogen and oxygen atoms in total. The van der Waals surface area contributed by atoms with Crippen LogP contribution in [-0.4, -0.2) is 64.0 Å². The average Bonchev–Trinajstić information content (AvgIpc) is 2.84. The molecule has 1 saturated heterocycles. The van der Waals surface area contributed by atoms with Gasteiger partial charge < -0.3 is 32.7 Å². The summed E-state index contributed by atoms with van der Waals surface area (Å²) in [5.41, 5.74) is 0. The Labute approximate surface area is 211 Å². The zero-order valence-corrected chi connectivity index (χ0v) is 22.0. The molecule has 0 spiro atoms.